The second kappa shape index (κ2) is 7.38. The van der Waals surface area contributed by atoms with E-state index in [4.69, 9.17) is 4.74 Å². The maximum atomic E-state index is 6.28. The molecule has 1 heterocycles. The highest BCUT2D eigenvalue weighted by Gasteiger charge is 2.30. The summed E-state index contributed by atoms with van der Waals surface area (Å²) in [5, 5.41) is 0. The van der Waals surface area contributed by atoms with Gasteiger partial charge < -0.3 is 4.74 Å². The third kappa shape index (κ3) is 4.18. The van der Waals surface area contributed by atoms with Gasteiger partial charge in [-0.3, -0.25) is 0 Å². The number of rotatable bonds is 3. The van der Waals surface area contributed by atoms with Crippen molar-refractivity contribution in [3.63, 3.8) is 0 Å². The Labute approximate surface area is 142 Å². The molecule has 1 saturated carbocycles. The van der Waals surface area contributed by atoms with E-state index in [9.17, 15) is 0 Å². The molecule has 23 heavy (non-hydrogen) atoms. The second-order valence-corrected chi connectivity index (χ2v) is 8.37. The lowest BCUT2D eigenvalue weighted by Crippen LogP contribution is -2.33. The highest BCUT2D eigenvalue weighted by molar-refractivity contribution is 5.37. The number of ether oxygens (including phenoxy) is 1. The van der Waals surface area contributed by atoms with E-state index in [2.05, 4.69) is 39.8 Å². The van der Waals surface area contributed by atoms with Crippen LogP contribution in [-0.2, 0) is 11.2 Å². The fourth-order valence-electron chi connectivity index (χ4n) is 4.62. The molecule has 0 aromatic heterocycles. The van der Waals surface area contributed by atoms with E-state index in [-0.39, 0.29) is 0 Å². The maximum absolute atomic E-state index is 6.28. The summed E-state index contributed by atoms with van der Waals surface area (Å²) >= 11 is 0. The predicted molar refractivity (Wildman–Crippen MR) is 97.9 cm³/mol. The summed E-state index contributed by atoms with van der Waals surface area (Å²) in [6.45, 7) is 10.1. The Bertz CT molecular complexity index is 494. The van der Waals surface area contributed by atoms with Crippen molar-refractivity contribution in [2.24, 2.45) is 17.8 Å². The first-order valence-corrected chi connectivity index (χ1v) is 9.71. The molecule has 0 N–H and O–H groups in total. The van der Waals surface area contributed by atoms with Gasteiger partial charge in [0.25, 0.3) is 0 Å². The van der Waals surface area contributed by atoms with Gasteiger partial charge >= 0.3 is 0 Å². The molecular weight excluding hydrogens is 280 g/mol. The summed E-state index contributed by atoms with van der Waals surface area (Å²) in [7, 11) is 0. The number of hydrogen-bond donors (Lipinski definition) is 0. The molecular formula is C22H34O. The van der Waals surface area contributed by atoms with Crippen LogP contribution in [0.4, 0.5) is 0 Å². The van der Waals surface area contributed by atoms with Crippen LogP contribution < -0.4 is 0 Å². The zero-order valence-electron chi connectivity index (χ0n) is 15.5. The molecule has 1 heteroatoms. The largest absolute Gasteiger partial charge is 0.378 e. The topological polar surface area (TPSA) is 9.23 Å². The van der Waals surface area contributed by atoms with Crippen LogP contribution in [0.3, 0.4) is 0 Å². The molecule has 3 rings (SSSR count). The predicted octanol–water partition coefficient (Wildman–Crippen LogP) is 5.78. The average molecular weight is 315 g/mol. The van der Waals surface area contributed by atoms with Gasteiger partial charge in [0.15, 0.2) is 0 Å². The first kappa shape index (κ1) is 17.0. The highest BCUT2D eigenvalue weighted by Crippen LogP contribution is 2.37. The van der Waals surface area contributed by atoms with E-state index in [1.54, 1.807) is 0 Å². The minimum atomic E-state index is 0.440. The molecule has 2 aliphatic rings. The Morgan fingerprint density at radius 1 is 0.870 bits per heavy atom. The standard InChI is InChI=1S/C22H34O/c1-15-5-7-20(8-6-15)21-9-10-22(23-14-21)13-19-11-16(2)18(4)17(3)12-19/h11-12,15,20-22H,5-10,13-14H2,1-4H3. The second-order valence-electron chi connectivity index (χ2n) is 8.37. The van der Waals surface area contributed by atoms with Crippen LogP contribution in [0.2, 0.25) is 0 Å². The van der Waals surface area contributed by atoms with Crippen LogP contribution in [0, 0.1) is 38.5 Å². The molecule has 1 aliphatic carbocycles. The summed E-state index contributed by atoms with van der Waals surface area (Å²) in [6.07, 6.45) is 9.92. The number of benzene rings is 1. The van der Waals surface area contributed by atoms with Crippen LogP contribution in [-0.4, -0.2) is 12.7 Å². The smallest absolute Gasteiger partial charge is 0.0615 e. The van der Waals surface area contributed by atoms with Crippen molar-refractivity contribution in [3.8, 4) is 0 Å². The molecule has 1 aromatic rings. The molecule has 2 fully saturated rings. The van der Waals surface area contributed by atoms with Crippen molar-refractivity contribution in [3.05, 3.63) is 34.4 Å². The van der Waals surface area contributed by atoms with Crippen molar-refractivity contribution in [2.75, 3.05) is 6.61 Å². The molecule has 0 radical (unpaired) electrons. The summed E-state index contributed by atoms with van der Waals surface area (Å²) in [4.78, 5) is 0. The fourth-order valence-corrected chi connectivity index (χ4v) is 4.62. The van der Waals surface area contributed by atoms with Crippen LogP contribution in [0.15, 0.2) is 12.1 Å². The molecule has 0 bridgehead atoms. The summed E-state index contributed by atoms with van der Waals surface area (Å²) < 4.78 is 6.28. The van der Waals surface area contributed by atoms with Gasteiger partial charge in [-0.05, 0) is 92.9 Å². The van der Waals surface area contributed by atoms with E-state index in [1.807, 2.05) is 0 Å². The van der Waals surface area contributed by atoms with Gasteiger partial charge in [0.2, 0.25) is 0 Å². The van der Waals surface area contributed by atoms with Crippen LogP contribution >= 0.6 is 0 Å². The van der Waals surface area contributed by atoms with Crippen molar-refractivity contribution < 1.29 is 4.74 Å². The monoisotopic (exact) mass is 314 g/mol. The average Bonchev–Trinajstić information content (AvgIpc) is 2.54. The summed E-state index contributed by atoms with van der Waals surface area (Å²) in [5.74, 6) is 2.73. The zero-order valence-corrected chi connectivity index (χ0v) is 15.5. The van der Waals surface area contributed by atoms with Crippen molar-refractivity contribution in [1.82, 2.24) is 0 Å². The molecule has 2 atom stereocenters. The Hall–Kier alpha value is -0.820. The Balaban J connectivity index is 1.51. The Morgan fingerprint density at radius 2 is 1.48 bits per heavy atom. The minimum absolute atomic E-state index is 0.440. The number of hydrogen-bond acceptors (Lipinski definition) is 1. The minimum Gasteiger partial charge on any atom is -0.378 e. The summed E-state index contributed by atoms with van der Waals surface area (Å²) in [5.41, 5.74) is 5.74. The lowest BCUT2D eigenvalue weighted by atomic mass is 9.74. The van der Waals surface area contributed by atoms with Crippen molar-refractivity contribution in [1.29, 1.82) is 0 Å². The first-order chi connectivity index (χ1) is 11.0. The number of aryl methyl sites for hydroxylation is 2. The van der Waals surface area contributed by atoms with Crippen molar-refractivity contribution >= 4 is 0 Å². The third-order valence-corrected chi connectivity index (χ3v) is 6.58. The molecule has 0 spiro atoms. The van der Waals surface area contributed by atoms with E-state index < -0.39 is 0 Å². The fraction of sp³-hybridized carbons (Fsp3) is 0.727. The van der Waals surface area contributed by atoms with Crippen molar-refractivity contribution in [2.45, 2.75) is 78.7 Å². The SMILES string of the molecule is Cc1cc(CC2CCC(C3CCC(C)CC3)CO2)cc(C)c1C. The molecule has 1 aromatic carbocycles. The van der Waals surface area contributed by atoms with Crippen LogP contribution in [0.25, 0.3) is 0 Å². The lowest BCUT2D eigenvalue weighted by molar-refractivity contribution is -0.0376. The Morgan fingerprint density at radius 3 is 2.04 bits per heavy atom. The van der Waals surface area contributed by atoms with Gasteiger partial charge in [-0.1, -0.05) is 31.9 Å². The van der Waals surface area contributed by atoms with Crippen LogP contribution in [0.5, 0.6) is 0 Å². The van der Waals surface area contributed by atoms with Crippen LogP contribution in [0.1, 0.15) is 67.7 Å². The van der Waals surface area contributed by atoms with E-state index >= 15 is 0 Å². The summed E-state index contributed by atoms with van der Waals surface area (Å²) in [6, 6.07) is 4.72. The maximum Gasteiger partial charge on any atom is 0.0615 e. The molecule has 1 nitrogen and oxygen atoms in total. The third-order valence-electron chi connectivity index (χ3n) is 6.58. The molecule has 2 unspecified atom stereocenters. The van der Waals surface area contributed by atoms with E-state index in [0.717, 1.165) is 30.8 Å². The highest BCUT2D eigenvalue weighted by atomic mass is 16.5. The zero-order chi connectivity index (χ0) is 16.4. The van der Waals surface area contributed by atoms with Gasteiger partial charge in [-0.2, -0.15) is 0 Å². The van der Waals surface area contributed by atoms with Gasteiger partial charge in [-0.25, -0.2) is 0 Å². The van der Waals surface area contributed by atoms with Gasteiger partial charge in [0.1, 0.15) is 0 Å². The molecule has 1 saturated heterocycles. The molecule has 1 aliphatic heterocycles. The molecule has 128 valence electrons. The quantitative estimate of drug-likeness (QED) is 0.687. The molecule has 0 amide bonds. The Kier molecular flexibility index (Phi) is 5.46. The van der Waals surface area contributed by atoms with Gasteiger partial charge in [0.05, 0.1) is 12.7 Å². The first-order valence-electron chi connectivity index (χ1n) is 9.71. The normalized spacial score (nSPS) is 32.0. The van der Waals surface area contributed by atoms with Gasteiger partial charge in [-0.15, -0.1) is 0 Å². The van der Waals surface area contributed by atoms with E-state index in [1.165, 1.54) is 60.8 Å². The van der Waals surface area contributed by atoms with E-state index in [0.29, 0.717) is 6.10 Å². The van der Waals surface area contributed by atoms with Gasteiger partial charge in [0, 0.05) is 0 Å². The lowest BCUT2D eigenvalue weighted by Gasteiger charge is -2.37.